The molecule has 1 aromatic heterocycles. The van der Waals surface area contributed by atoms with E-state index in [0.717, 1.165) is 44.6 Å². The minimum absolute atomic E-state index is 0.0151. The summed E-state index contributed by atoms with van der Waals surface area (Å²) in [6.45, 7) is 2.79. The van der Waals surface area contributed by atoms with Gasteiger partial charge in [-0.1, -0.05) is 24.3 Å². The van der Waals surface area contributed by atoms with Crippen molar-refractivity contribution < 1.29 is 8.42 Å². The van der Waals surface area contributed by atoms with Crippen molar-refractivity contribution in [3.05, 3.63) is 60.4 Å². The Balaban J connectivity index is 1.47. The van der Waals surface area contributed by atoms with Crippen molar-refractivity contribution in [3.63, 3.8) is 0 Å². The predicted molar refractivity (Wildman–Crippen MR) is 94.2 cm³/mol. The lowest BCUT2D eigenvalue weighted by molar-refractivity contribution is 0.209. The average Bonchev–Trinajstić information content (AvgIpc) is 2.62. The molecule has 3 rings (SSSR count). The van der Waals surface area contributed by atoms with Crippen LogP contribution in [0, 0.1) is 0 Å². The first-order chi connectivity index (χ1) is 11.6. The Morgan fingerprint density at radius 3 is 2.42 bits per heavy atom. The summed E-state index contributed by atoms with van der Waals surface area (Å²) in [5, 5.41) is 0. The summed E-state index contributed by atoms with van der Waals surface area (Å²) in [5.41, 5.74) is 1.10. The van der Waals surface area contributed by atoms with Crippen molar-refractivity contribution in [2.24, 2.45) is 0 Å². The van der Waals surface area contributed by atoms with Gasteiger partial charge in [0, 0.05) is 30.9 Å². The number of nitrogens with zero attached hydrogens (tertiary/aromatic N) is 2. The highest BCUT2D eigenvalue weighted by Gasteiger charge is 2.24. The van der Waals surface area contributed by atoms with E-state index in [4.69, 9.17) is 0 Å². The zero-order valence-electron chi connectivity index (χ0n) is 13.6. The second kappa shape index (κ2) is 7.88. The highest BCUT2D eigenvalue weighted by Crippen LogP contribution is 2.15. The first kappa shape index (κ1) is 17.1. The fourth-order valence-electron chi connectivity index (χ4n) is 2.98. The molecule has 0 bridgehead atoms. The van der Waals surface area contributed by atoms with Gasteiger partial charge in [0.25, 0.3) is 0 Å². The number of pyridine rings is 1. The highest BCUT2D eigenvalue weighted by molar-refractivity contribution is 7.89. The number of aromatic nitrogens is 1. The third kappa shape index (κ3) is 4.63. The van der Waals surface area contributed by atoms with Gasteiger partial charge in [0.2, 0.25) is 10.0 Å². The Kier molecular flexibility index (Phi) is 5.60. The Morgan fingerprint density at radius 1 is 1.04 bits per heavy atom. The molecule has 2 heterocycles. The number of likely N-dealkylation sites (tertiary alicyclic amines) is 1. The Morgan fingerprint density at radius 2 is 1.75 bits per heavy atom. The number of nitrogens with one attached hydrogen (secondary N) is 1. The smallest absolute Gasteiger partial charge is 0.240 e. The van der Waals surface area contributed by atoms with E-state index in [0.29, 0.717) is 4.90 Å². The molecule has 1 aliphatic rings. The van der Waals surface area contributed by atoms with Crippen LogP contribution in [0.25, 0.3) is 0 Å². The molecule has 0 saturated carbocycles. The lowest BCUT2D eigenvalue weighted by Gasteiger charge is -2.32. The SMILES string of the molecule is O=S(=O)(NC1CCN(CCc2ccccn2)CC1)c1ccccc1. The zero-order valence-corrected chi connectivity index (χ0v) is 14.5. The molecule has 0 aliphatic carbocycles. The quantitative estimate of drug-likeness (QED) is 0.871. The summed E-state index contributed by atoms with van der Waals surface area (Å²) < 4.78 is 27.6. The summed E-state index contributed by atoms with van der Waals surface area (Å²) in [6, 6.07) is 14.6. The standard InChI is InChI=1S/C18H23N3O2S/c22-24(23,18-7-2-1-3-8-18)20-17-10-14-21(15-11-17)13-9-16-6-4-5-12-19-16/h1-8,12,17,20H,9-11,13-15H2. The maximum Gasteiger partial charge on any atom is 0.240 e. The molecule has 1 fully saturated rings. The van der Waals surface area contributed by atoms with Gasteiger partial charge < -0.3 is 4.90 Å². The molecule has 1 aliphatic heterocycles. The van der Waals surface area contributed by atoms with Gasteiger partial charge in [0.15, 0.2) is 0 Å². The molecule has 2 aromatic rings. The second-order valence-electron chi connectivity index (χ2n) is 6.12. The van der Waals surface area contributed by atoms with Crippen molar-refractivity contribution in [2.75, 3.05) is 19.6 Å². The van der Waals surface area contributed by atoms with Crippen molar-refractivity contribution in [1.82, 2.24) is 14.6 Å². The average molecular weight is 345 g/mol. The molecule has 0 atom stereocenters. The van der Waals surface area contributed by atoms with Crippen LogP contribution >= 0.6 is 0 Å². The van der Waals surface area contributed by atoms with Gasteiger partial charge >= 0.3 is 0 Å². The van der Waals surface area contributed by atoms with Gasteiger partial charge in [-0.2, -0.15) is 0 Å². The van der Waals surface area contributed by atoms with Crippen LogP contribution < -0.4 is 4.72 Å². The second-order valence-corrected chi connectivity index (χ2v) is 7.84. The van der Waals surface area contributed by atoms with Gasteiger partial charge in [-0.05, 0) is 50.2 Å². The molecule has 0 radical (unpaired) electrons. The van der Waals surface area contributed by atoms with E-state index in [9.17, 15) is 8.42 Å². The molecule has 6 heteroatoms. The van der Waals surface area contributed by atoms with Crippen LogP contribution in [0.1, 0.15) is 18.5 Å². The first-order valence-electron chi connectivity index (χ1n) is 8.33. The van der Waals surface area contributed by atoms with Crippen molar-refractivity contribution in [1.29, 1.82) is 0 Å². The molecule has 0 amide bonds. The number of rotatable bonds is 6. The van der Waals surface area contributed by atoms with Crippen LogP contribution in [0.4, 0.5) is 0 Å². The van der Waals surface area contributed by atoms with E-state index in [-0.39, 0.29) is 6.04 Å². The summed E-state index contributed by atoms with van der Waals surface area (Å²) in [7, 11) is -3.41. The first-order valence-corrected chi connectivity index (χ1v) is 9.81. The van der Waals surface area contributed by atoms with E-state index in [1.807, 2.05) is 30.5 Å². The van der Waals surface area contributed by atoms with E-state index in [2.05, 4.69) is 14.6 Å². The maximum absolute atomic E-state index is 12.4. The van der Waals surface area contributed by atoms with Crippen LogP contribution in [0.5, 0.6) is 0 Å². The largest absolute Gasteiger partial charge is 0.303 e. The Labute approximate surface area is 143 Å². The molecule has 0 spiro atoms. The van der Waals surface area contributed by atoms with Crippen molar-refractivity contribution in [2.45, 2.75) is 30.2 Å². The van der Waals surface area contributed by atoms with E-state index in [1.165, 1.54) is 0 Å². The fraction of sp³-hybridized carbons (Fsp3) is 0.389. The molecule has 5 nitrogen and oxygen atoms in total. The van der Waals surface area contributed by atoms with E-state index < -0.39 is 10.0 Å². The molecule has 1 N–H and O–H groups in total. The van der Waals surface area contributed by atoms with Crippen LogP contribution in [0.2, 0.25) is 0 Å². The number of sulfonamides is 1. The lowest BCUT2D eigenvalue weighted by atomic mass is 10.1. The molecule has 1 saturated heterocycles. The molecule has 1 aromatic carbocycles. The summed E-state index contributed by atoms with van der Waals surface area (Å²) in [5.74, 6) is 0. The minimum atomic E-state index is -3.41. The van der Waals surface area contributed by atoms with E-state index in [1.54, 1.807) is 24.3 Å². The molecule has 0 unspecified atom stereocenters. The van der Waals surface area contributed by atoms with Gasteiger partial charge in [-0.15, -0.1) is 0 Å². The van der Waals surface area contributed by atoms with Crippen molar-refractivity contribution in [3.8, 4) is 0 Å². The number of benzene rings is 1. The topological polar surface area (TPSA) is 62.3 Å². The normalized spacial score (nSPS) is 17.0. The van der Waals surface area contributed by atoms with E-state index >= 15 is 0 Å². The Hall–Kier alpha value is -1.76. The van der Waals surface area contributed by atoms with Gasteiger partial charge in [0.1, 0.15) is 0 Å². The zero-order chi connectivity index (χ0) is 16.8. The number of hydrogen-bond acceptors (Lipinski definition) is 4. The number of piperidine rings is 1. The monoisotopic (exact) mass is 345 g/mol. The highest BCUT2D eigenvalue weighted by atomic mass is 32.2. The van der Waals surface area contributed by atoms with Crippen LogP contribution in [0.3, 0.4) is 0 Å². The summed E-state index contributed by atoms with van der Waals surface area (Å²) >= 11 is 0. The number of hydrogen-bond donors (Lipinski definition) is 1. The molecular formula is C18H23N3O2S. The van der Waals surface area contributed by atoms with Gasteiger partial charge in [0.05, 0.1) is 4.90 Å². The minimum Gasteiger partial charge on any atom is -0.303 e. The Bertz CT molecular complexity index is 727. The third-order valence-electron chi connectivity index (χ3n) is 4.37. The van der Waals surface area contributed by atoms with Crippen LogP contribution in [0.15, 0.2) is 59.6 Å². The predicted octanol–water partition coefficient (Wildman–Crippen LogP) is 2.07. The summed E-state index contributed by atoms with van der Waals surface area (Å²) in [6.07, 6.45) is 4.43. The van der Waals surface area contributed by atoms with Gasteiger partial charge in [-0.25, -0.2) is 13.1 Å². The van der Waals surface area contributed by atoms with Gasteiger partial charge in [-0.3, -0.25) is 4.98 Å². The molecule has 128 valence electrons. The fourth-order valence-corrected chi connectivity index (χ4v) is 4.31. The molecular weight excluding hydrogens is 322 g/mol. The lowest BCUT2D eigenvalue weighted by Crippen LogP contribution is -2.45. The van der Waals surface area contributed by atoms with Crippen LogP contribution in [-0.2, 0) is 16.4 Å². The van der Waals surface area contributed by atoms with Crippen molar-refractivity contribution >= 4 is 10.0 Å². The summed E-state index contributed by atoms with van der Waals surface area (Å²) in [4.78, 5) is 7.05. The molecule has 24 heavy (non-hydrogen) atoms. The maximum atomic E-state index is 12.4. The van der Waals surface area contributed by atoms with Crippen LogP contribution in [-0.4, -0.2) is 44.0 Å². The third-order valence-corrected chi connectivity index (χ3v) is 5.91.